The molecular weight excluding hydrogens is 456 g/mol. The maximum atomic E-state index is 13.7. The van der Waals surface area contributed by atoms with Gasteiger partial charge in [-0.15, -0.1) is 0 Å². The SMILES string of the molecule is CCc1ccc2[nH]c(=O)c(CN(CC3CCCO3)S(=O)(=O)c3cccc(C(=O)OC)c3)cc2c1. The van der Waals surface area contributed by atoms with E-state index in [0.29, 0.717) is 17.7 Å². The molecule has 1 aromatic heterocycles. The van der Waals surface area contributed by atoms with Crippen LogP contribution >= 0.6 is 0 Å². The Morgan fingerprint density at radius 3 is 2.74 bits per heavy atom. The number of fused-ring (bicyclic) bond motifs is 1. The number of ether oxygens (including phenoxy) is 2. The minimum absolute atomic E-state index is 0.0427. The lowest BCUT2D eigenvalue weighted by Gasteiger charge is -2.25. The van der Waals surface area contributed by atoms with Crippen molar-refractivity contribution in [3.05, 3.63) is 75.6 Å². The van der Waals surface area contributed by atoms with Crippen molar-refractivity contribution in [1.82, 2.24) is 9.29 Å². The lowest BCUT2D eigenvalue weighted by molar-refractivity contribution is 0.0600. The first-order chi connectivity index (χ1) is 16.3. The molecule has 0 spiro atoms. The molecule has 0 radical (unpaired) electrons. The molecule has 1 atom stereocenters. The quantitative estimate of drug-likeness (QED) is 0.492. The zero-order valence-electron chi connectivity index (χ0n) is 19.2. The molecule has 9 heteroatoms. The van der Waals surface area contributed by atoms with Crippen molar-refractivity contribution in [1.29, 1.82) is 0 Å². The van der Waals surface area contributed by atoms with E-state index < -0.39 is 16.0 Å². The van der Waals surface area contributed by atoms with Gasteiger partial charge in [-0.25, -0.2) is 13.2 Å². The number of carbonyl (C=O) groups excluding carboxylic acids is 1. The summed E-state index contributed by atoms with van der Waals surface area (Å²) in [6.45, 7) is 2.61. The van der Waals surface area contributed by atoms with Gasteiger partial charge < -0.3 is 14.5 Å². The van der Waals surface area contributed by atoms with Crippen molar-refractivity contribution < 1.29 is 22.7 Å². The Labute approximate surface area is 198 Å². The molecule has 0 amide bonds. The van der Waals surface area contributed by atoms with Crippen LogP contribution in [0.2, 0.25) is 0 Å². The molecule has 180 valence electrons. The molecule has 0 saturated carbocycles. The summed E-state index contributed by atoms with van der Waals surface area (Å²) in [6.07, 6.45) is 2.18. The molecule has 3 aromatic rings. The van der Waals surface area contributed by atoms with E-state index in [0.717, 1.165) is 30.2 Å². The zero-order chi connectivity index (χ0) is 24.3. The Balaban J connectivity index is 1.74. The highest BCUT2D eigenvalue weighted by molar-refractivity contribution is 7.89. The first-order valence-electron chi connectivity index (χ1n) is 11.3. The lowest BCUT2D eigenvalue weighted by Crippen LogP contribution is -2.38. The van der Waals surface area contributed by atoms with Crippen molar-refractivity contribution in [2.45, 2.75) is 43.7 Å². The van der Waals surface area contributed by atoms with Crippen molar-refractivity contribution >= 4 is 26.9 Å². The normalized spacial score (nSPS) is 16.3. The van der Waals surface area contributed by atoms with Gasteiger partial charge in [0.15, 0.2) is 0 Å². The minimum Gasteiger partial charge on any atom is -0.465 e. The number of sulfonamides is 1. The van der Waals surface area contributed by atoms with E-state index in [-0.39, 0.29) is 35.2 Å². The van der Waals surface area contributed by atoms with Gasteiger partial charge in [-0.1, -0.05) is 19.1 Å². The number of hydrogen-bond acceptors (Lipinski definition) is 6. The standard InChI is InChI=1S/C25H28N2O6S/c1-3-17-9-10-23-19(12-17)13-20(24(28)26-23)15-27(16-21-7-5-11-33-21)34(30,31)22-8-4-6-18(14-22)25(29)32-2/h4,6,8-10,12-14,21H,3,5,7,11,15-16H2,1-2H3,(H,26,28). The number of rotatable bonds is 8. The summed E-state index contributed by atoms with van der Waals surface area (Å²) in [5, 5.41) is 0.844. The molecule has 4 rings (SSSR count). The summed E-state index contributed by atoms with van der Waals surface area (Å²) in [6, 6.07) is 13.3. The minimum atomic E-state index is -4.04. The Bertz CT molecular complexity index is 1360. The van der Waals surface area contributed by atoms with E-state index in [9.17, 15) is 18.0 Å². The van der Waals surface area contributed by atoms with Crippen molar-refractivity contribution in [3.8, 4) is 0 Å². The number of aromatic nitrogens is 1. The van der Waals surface area contributed by atoms with Gasteiger partial charge in [0.1, 0.15) is 0 Å². The van der Waals surface area contributed by atoms with Crippen LogP contribution < -0.4 is 5.56 Å². The van der Waals surface area contributed by atoms with E-state index in [1.807, 2.05) is 25.1 Å². The second-order valence-electron chi connectivity index (χ2n) is 8.35. The van der Waals surface area contributed by atoms with Crippen LogP contribution in [-0.4, -0.2) is 50.0 Å². The van der Waals surface area contributed by atoms with E-state index in [2.05, 4.69) is 4.98 Å². The molecule has 1 fully saturated rings. The summed E-state index contributed by atoms with van der Waals surface area (Å²) in [7, 11) is -2.80. The fraction of sp³-hybridized carbons (Fsp3) is 0.360. The monoisotopic (exact) mass is 484 g/mol. The topological polar surface area (TPSA) is 106 Å². The molecule has 1 aliphatic rings. The summed E-state index contributed by atoms with van der Waals surface area (Å²) in [5.74, 6) is -0.625. The van der Waals surface area contributed by atoms with Crippen LogP contribution in [0, 0.1) is 0 Å². The number of nitrogens with one attached hydrogen (secondary N) is 1. The van der Waals surface area contributed by atoms with Crippen LogP contribution in [-0.2, 0) is 32.5 Å². The number of benzene rings is 2. The number of aryl methyl sites for hydroxylation is 1. The summed E-state index contributed by atoms with van der Waals surface area (Å²) in [5.41, 5.74) is 1.95. The second kappa shape index (κ2) is 10.1. The number of methoxy groups -OCH3 is 1. The Hall–Kier alpha value is -3.01. The predicted molar refractivity (Wildman–Crippen MR) is 128 cm³/mol. The van der Waals surface area contributed by atoms with Gasteiger partial charge in [0, 0.05) is 30.8 Å². The fourth-order valence-electron chi connectivity index (χ4n) is 4.14. The zero-order valence-corrected chi connectivity index (χ0v) is 20.1. The van der Waals surface area contributed by atoms with Crippen LogP contribution in [0.15, 0.2) is 58.2 Å². The van der Waals surface area contributed by atoms with Gasteiger partial charge in [-0.2, -0.15) is 4.31 Å². The number of nitrogens with zero attached hydrogens (tertiary/aromatic N) is 1. The first-order valence-corrected chi connectivity index (χ1v) is 12.7. The molecule has 1 N–H and O–H groups in total. The highest BCUT2D eigenvalue weighted by atomic mass is 32.2. The maximum absolute atomic E-state index is 13.7. The molecule has 1 unspecified atom stereocenters. The van der Waals surface area contributed by atoms with Gasteiger partial charge in [-0.3, -0.25) is 4.79 Å². The Kier molecular flexibility index (Phi) is 7.16. The number of esters is 1. The van der Waals surface area contributed by atoms with Gasteiger partial charge in [0.25, 0.3) is 5.56 Å². The van der Waals surface area contributed by atoms with Crippen molar-refractivity contribution in [2.24, 2.45) is 0 Å². The van der Waals surface area contributed by atoms with Crippen LogP contribution in [0.5, 0.6) is 0 Å². The molecule has 34 heavy (non-hydrogen) atoms. The van der Waals surface area contributed by atoms with Crippen LogP contribution in [0.4, 0.5) is 0 Å². The number of hydrogen-bond donors (Lipinski definition) is 1. The van der Waals surface area contributed by atoms with Crippen LogP contribution in [0.25, 0.3) is 10.9 Å². The van der Waals surface area contributed by atoms with E-state index in [4.69, 9.17) is 9.47 Å². The summed E-state index contributed by atoms with van der Waals surface area (Å²) < 4.78 is 39.0. The van der Waals surface area contributed by atoms with Gasteiger partial charge in [0.05, 0.1) is 23.7 Å². The highest BCUT2D eigenvalue weighted by Gasteiger charge is 2.30. The fourth-order valence-corrected chi connectivity index (χ4v) is 5.64. The van der Waals surface area contributed by atoms with Gasteiger partial charge in [-0.05, 0) is 66.6 Å². The smallest absolute Gasteiger partial charge is 0.337 e. The Morgan fingerprint density at radius 1 is 1.21 bits per heavy atom. The molecule has 8 nitrogen and oxygen atoms in total. The van der Waals surface area contributed by atoms with Gasteiger partial charge in [0.2, 0.25) is 10.0 Å². The Morgan fingerprint density at radius 2 is 2.03 bits per heavy atom. The average molecular weight is 485 g/mol. The lowest BCUT2D eigenvalue weighted by atomic mass is 10.1. The number of aromatic amines is 1. The van der Waals surface area contributed by atoms with Crippen molar-refractivity contribution in [2.75, 3.05) is 20.3 Å². The largest absolute Gasteiger partial charge is 0.465 e. The summed E-state index contributed by atoms with van der Waals surface area (Å²) in [4.78, 5) is 27.6. The maximum Gasteiger partial charge on any atom is 0.337 e. The molecule has 2 aromatic carbocycles. The number of carbonyl (C=O) groups is 1. The average Bonchev–Trinajstić information content (AvgIpc) is 3.36. The molecular formula is C25H28N2O6S. The number of pyridine rings is 1. The second-order valence-corrected chi connectivity index (χ2v) is 10.3. The highest BCUT2D eigenvalue weighted by Crippen LogP contribution is 2.24. The third kappa shape index (κ3) is 5.06. The molecule has 0 aliphatic carbocycles. The molecule has 1 saturated heterocycles. The van der Waals surface area contributed by atoms with E-state index in [1.165, 1.54) is 35.7 Å². The third-order valence-corrected chi connectivity index (χ3v) is 7.87. The van der Waals surface area contributed by atoms with Gasteiger partial charge >= 0.3 is 5.97 Å². The summed E-state index contributed by atoms with van der Waals surface area (Å²) >= 11 is 0. The van der Waals surface area contributed by atoms with Crippen molar-refractivity contribution in [3.63, 3.8) is 0 Å². The molecule has 0 bridgehead atoms. The molecule has 1 aliphatic heterocycles. The predicted octanol–water partition coefficient (Wildman–Crippen LogP) is 3.25. The van der Waals surface area contributed by atoms with E-state index in [1.54, 1.807) is 6.07 Å². The van der Waals surface area contributed by atoms with E-state index >= 15 is 0 Å². The van der Waals surface area contributed by atoms with Crippen LogP contribution in [0.1, 0.15) is 41.3 Å². The third-order valence-electron chi connectivity index (χ3n) is 6.06. The van der Waals surface area contributed by atoms with Crippen LogP contribution in [0.3, 0.4) is 0 Å². The first kappa shape index (κ1) is 24.1. The number of H-pyrrole nitrogens is 1. The molecule has 2 heterocycles.